The highest BCUT2D eigenvalue weighted by molar-refractivity contribution is 5.97. The summed E-state index contributed by atoms with van der Waals surface area (Å²) >= 11 is 0. The summed E-state index contributed by atoms with van der Waals surface area (Å²) in [6, 6.07) is 7.80. The van der Waals surface area contributed by atoms with Crippen molar-refractivity contribution >= 4 is 5.91 Å². The number of aryl methyl sites for hydroxylation is 1. The van der Waals surface area contributed by atoms with Crippen LogP contribution in [-0.4, -0.2) is 30.3 Å². The fraction of sp³-hybridized carbons (Fsp3) is 0.375. The van der Waals surface area contributed by atoms with Gasteiger partial charge in [-0.2, -0.15) is 0 Å². The molecule has 3 N–H and O–H groups in total. The summed E-state index contributed by atoms with van der Waals surface area (Å²) in [4.78, 5) is 12.8. The van der Waals surface area contributed by atoms with Gasteiger partial charge in [0.1, 0.15) is 23.0 Å². The summed E-state index contributed by atoms with van der Waals surface area (Å²) in [5.74, 6) is 1.20. The van der Waals surface area contributed by atoms with E-state index in [4.69, 9.17) is 9.47 Å². The molecule has 2 aromatic rings. The number of hydrogen-bond acceptors (Lipinski definition) is 5. The minimum Gasteiger partial charge on any atom is -0.508 e. The number of nitrogens with one attached hydrogen (secondary N) is 1. The van der Waals surface area contributed by atoms with Crippen molar-refractivity contribution in [1.29, 1.82) is 0 Å². The van der Waals surface area contributed by atoms with Crippen molar-refractivity contribution in [1.82, 2.24) is 5.32 Å². The number of allylic oxidation sites excluding steroid dienone is 1. The molecule has 30 heavy (non-hydrogen) atoms. The summed E-state index contributed by atoms with van der Waals surface area (Å²) in [5, 5.41) is 22.1. The second-order valence-electron chi connectivity index (χ2n) is 7.20. The average molecular weight is 414 g/mol. The van der Waals surface area contributed by atoms with Crippen molar-refractivity contribution in [3.8, 4) is 23.0 Å². The summed E-state index contributed by atoms with van der Waals surface area (Å²) in [7, 11) is 3.11. The number of methoxy groups -OCH3 is 2. The van der Waals surface area contributed by atoms with Crippen LogP contribution in [0.4, 0.5) is 0 Å². The molecule has 0 aliphatic rings. The maximum Gasteiger partial charge on any atom is 0.255 e. The van der Waals surface area contributed by atoms with Crippen molar-refractivity contribution in [2.75, 3.05) is 14.2 Å². The lowest BCUT2D eigenvalue weighted by molar-refractivity contribution is 0.0947. The first-order chi connectivity index (χ1) is 14.4. The van der Waals surface area contributed by atoms with Crippen LogP contribution in [-0.2, 0) is 13.0 Å². The molecule has 6 heteroatoms. The molecule has 0 bridgehead atoms. The van der Waals surface area contributed by atoms with E-state index in [1.165, 1.54) is 19.2 Å². The summed E-state index contributed by atoms with van der Waals surface area (Å²) in [5.41, 5.74) is 1.85. The van der Waals surface area contributed by atoms with E-state index < -0.39 is 0 Å². The van der Waals surface area contributed by atoms with Crippen LogP contribution in [0.1, 0.15) is 47.7 Å². The Morgan fingerprint density at radius 2 is 1.87 bits per heavy atom. The van der Waals surface area contributed by atoms with Gasteiger partial charge < -0.3 is 25.0 Å². The first-order valence-electron chi connectivity index (χ1n) is 10.1. The van der Waals surface area contributed by atoms with Gasteiger partial charge in [-0.05, 0) is 48.9 Å². The lowest BCUT2D eigenvalue weighted by Gasteiger charge is -2.17. The minimum atomic E-state index is -0.318. The number of benzene rings is 2. The molecule has 0 heterocycles. The van der Waals surface area contributed by atoms with Crippen LogP contribution in [0, 0.1) is 5.92 Å². The zero-order valence-corrected chi connectivity index (χ0v) is 17.9. The van der Waals surface area contributed by atoms with Gasteiger partial charge in [0.15, 0.2) is 0 Å². The third-order valence-corrected chi connectivity index (χ3v) is 5.25. The van der Waals surface area contributed by atoms with Crippen LogP contribution in [0.5, 0.6) is 23.0 Å². The molecule has 0 aromatic heterocycles. The third kappa shape index (κ3) is 5.92. The zero-order chi connectivity index (χ0) is 22.1. The van der Waals surface area contributed by atoms with Crippen molar-refractivity contribution in [3.63, 3.8) is 0 Å². The molecular weight excluding hydrogens is 382 g/mol. The van der Waals surface area contributed by atoms with E-state index in [1.807, 2.05) is 12.1 Å². The van der Waals surface area contributed by atoms with Crippen LogP contribution in [0.15, 0.2) is 43.0 Å². The van der Waals surface area contributed by atoms with E-state index in [9.17, 15) is 15.0 Å². The van der Waals surface area contributed by atoms with Crippen LogP contribution < -0.4 is 14.8 Å². The normalized spacial score (nSPS) is 11.6. The highest BCUT2D eigenvalue weighted by Crippen LogP contribution is 2.31. The van der Waals surface area contributed by atoms with Crippen molar-refractivity contribution < 1.29 is 24.5 Å². The first kappa shape index (κ1) is 23.1. The van der Waals surface area contributed by atoms with Crippen molar-refractivity contribution in [2.24, 2.45) is 5.92 Å². The molecule has 162 valence electrons. The van der Waals surface area contributed by atoms with E-state index in [-0.39, 0.29) is 24.0 Å². The number of amides is 1. The minimum absolute atomic E-state index is 0.0362. The molecule has 6 nitrogen and oxygen atoms in total. The molecule has 1 atom stereocenters. The maximum absolute atomic E-state index is 12.8. The molecule has 1 unspecified atom stereocenters. The Bertz CT molecular complexity index is 878. The van der Waals surface area contributed by atoms with Gasteiger partial charge in [-0.25, -0.2) is 0 Å². The lowest BCUT2D eigenvalue weighted by atomic mass is 9.93. The number of rotatable bonds is 11. The number of hydrogen-bond donors (Lipinski definition) is 3. The Hall–Kier alpha value is -3.15. The number of phenols is 2. The van der Waals surface area contributed by atoms with E-state index in [1.54, 1.807) is 19.2 Å². The SMILES string of the molecule is C=CCC(CC)CCc1cc(C(=O)NCc2ccc(O)cc2O)c(OC)cc1OC. The second kappa shape index (κ2) is 11.1. The monoisotopic (exact) mass is 413 g/mol. The highest BCUT2D eigenvalue weighted by Gasteiger charge is 2.18. The number of phenolic OH excluding ortho intramolecular Hbond substituents is 2. The molecule has 0 saturated carbocycles. The molecule has 2 rings (SSSR count). The van der Waals surface area contributed by atoms with E-state index in [0.717, 1.165) is 31.2 Å². The number of carbonyl (C=O) groups excluding carboxylic acids is 1. The molecule has 0 fully saturated rings. The smallest absolute Gasteiger partial charge is 0.255 e. The van der Waals surface area contributed by atoms with E-state index >= 15 is 0 Å². The number of ether oxygens (including phenoxy) is 2. The van der Waals surface area contributed by atoms with Gasteiger partial charge in [-0.1, -0.05) is 19.4 Å². The van der Waals surface area contributed by atoms with Crippen LogP contribution in [0.25, 0.3) is 0 Å². The Labute approximate surface area is 178 Å². The van der Waals surface area contributed by atoms with E-state index in [0.29, 0.717) is 28.5 Å². The molecule has 0 spiro atoms. The van der Waals surface area contributed by atoms with Gasteiger partial charge in [-0.3, -0.25) is 4.79 Å². The van der Waals surface area contributed by atoms with Crippen molar-refractivity contribution in [3.05, 3.63) is 59.7 Å². The van der Waals surface area contributed by atoms with Gasteiger partial charge in [0.2, 0.25) is 0 Å². The molecule has 2 aromatic carbocycles. The predicted octanol–water partition coefficient (Wildman–Crippen LogP) is 4.58. The van der Waals surface area contributed by atoms with E-state index in [2.05, 4.69) is 18.8 Å². The fourth-order valence-corrected chi connectivity index (χ4v) is 3.39. The van der Waals surface area contributed by atoms with Crippen molar-refractivity contribution in [2.45, 2.75) is 39.2 Å². The van der Waals surface area contributed by atoms with Gasteiger partial charge >= 0.3 is 0 Å². The first-order valence-corrected chi connectivity index (χ1v) is 10.1. The van der Waals surface area contributed by atoms with Crippen LogP contribution in [0.3, 0.4) is 0 Å². The average Bonchev–Trinajstić information content (AvgIpc) is 2.75. The molecular formula is C24H31NO5. The summed E-state index contributed by atoms with van der Waals surface area (Å²) < 4.78 is 10.9. The topological polar surface area (TPSA) is 88.0 Å². The maximum atomic E-state index is 12.8. The van der Waals surface area contributed by atoms with Crippen LogP contribution >= 0.6 is 0 Å². The number of carbonyl (C=O) groups is 1. The molecule has 0 aliphatic heterocycles. The molecule has 0 aliphatic carbocycles. The summed E-state index contributed by atoms with van der Waals surface area (Å²) in [6.07, 6.45) is 5.70. The van der Waals surface area contributed by atoms with Gasteiger partial charge in [0.25, 0.3) is 5.91 Å². The Morgan fingerprint density at radius 1 is 1.13 bits per heavy atom. The number of aromatic hydroxyl groups is 2. The van der Waals surface area contributed by atoms with Gasteiger partial charge in [0, 0.05) is 24.2 Å². The van der Waals surface area contributed by atoms with Crippen LogP contribution in [0.2, 0.25) is 0 Å². The van der Waals surface area contributed by atoms with Gasteiger partial charge in [0.05, 0.1) is 19.8 Å². The largest absolute Gasteiger partial charge is 0.508 e. The Balaban J connectivity index is 2.21. The molecule has 1 amide bonds. The Morgan fingerprint density at radius 3 is 2.47 bits per heavy atom. The lowest BCUT2D eigenvalue weighted by Crippen LogP contribution is -2.23. The highest BCUT2D eigenvalue weighted by atomic mass is 16.5. The molecule has 0 radical (unpaired) electrons. The molecule has 0 saturated heterocycles. The standard InChI is InChI=1S/C24H31NO5/c1-5-7-16(6-2)8-9-17-12-20(23(30-4)14-22(17)29-3)24(28)25-15-18-10-11-19(26)13-21(18)27/h5,10-14,16,26-27H,1,6-9,15H2,2-4H3,(H,25,28). The third-order valence-electron chi connectivity index (χ3n) is 5.25. The quantitative estimate of drug-likeness (QED) is 0.469. The predicted molar refractivity (Wildman–Crippen MR) is 117 cm³/mol. The fourth-order valence-electron chi connectivity index (χ4n) is 3.39. The zero-order valence-electron chi connectivity index (χ0n) is 17.9. The van der Waals surface area contributed by atoms with Gasteiger partial charge in [-0.15, -0.1) is 6.58 Å². The summed E-state index contributed by atoms with van der Waals surface area (Å²) in [6.45, 7) is 6.11. The second-order valence-corrected chi connectivity index (χ2v) is 7.20. The Kier molecular flexibility index (Phi) is 8.59.